The van der Waals surface area contributed by atoms with Crippen molar-refractivity contribution in [1.82, 2.24) is 14.9 Å². The molecule has 3 N–H and O–H groups in total. The van der Waals surface area contributed by atoms with E-state index in [4.69, 9.17) is 28.9 Å². The molecular weight excluding hydrogens is 418 g/mol. The number of anilines is 1. The van der Waals surface area contributed by atoms with E-state index in [1.807, 2.05) is 0 Å². The average Bonchev–Trinajstić information content (AvgIpc) is 2.67. The van der Waals surface area contributed by atoms with Crippen molar-refractivity contribution in [2.24, 2.45) is 7.05 Å². The van der Waals surface area contributed by atoms with Gasteiger partial charge in [-0.2, -0.15) is 0 Å². The van der Waals surface area contributed by atoms with E-state index in [0.29, 0.717) is 11.1 Å². The predicted molar refractivity (Wildman–Crippen MR) is 112 cm³/mol. The fraction of sp³-hybridized carbons (Fsp3) is 0.150. The summed E-state index contributed by atoms with van der Waals surface area (Å²) in [6.45, 7) is 1.62. The maximum atomic E-state index is 13.8. The number of nitrogens with two attached hydrogens (primary N) is 1. The van der Waals surface area contributed by atoms with Crippen LogP contribution in [0.25, 0.3) is 11.1 Å². The van der Waals surface area contributed by atoms with Gasteiger partial charge >= 0.3 is 0 Å². The third-order valence-electron chi connectivity index (χ3n) is 4.46. The highest BCUT2D eigenvalue weighted by Gasteiger charge is 2.21. The molecule has 2 heterocycles. The van der Waals surface area contributed by atoms with Gasteiger partial charge in [-0.25, -0.2) is 9.37 Å². The molecule has 3 rings (SSSR count). The van der Waals surface area contributed by atoms with E-state index in [1.54, 1.807) is 26.2 Å². The third-order valence-corrected chi connectivity index (χ3v) is 5.17. The van der Waals surface area contributed by atoms with Gasteiger partial charge in [0.1, 0.15) is 11.6 Å². The minimum absolute atomic E-state index is 0.0127. The molecule has 0 bridgehead atoms. The van der Waals surface area contributed by atoms with Crippen LogP contribution in [0.3, 0.4) is 0 Å². The first-order valence-corrected chi connectivity index (χ1v) is 9.31. The molecule has 0 aliphatic rings. The van der Waals surface area contributed by atoms with Gasteiger partial charge in [0.2, 0.25) is 0 Å². The van der Waals surface area contributed by atoms with E-state index in [2.05, 4.69) is 10.3 Å². The fourth-order valence-corrected chi connectivity index (χ4v) is 3.53. The number of nitrogen functional groups attached to an aromatic ring is 1. The Labute approximate surface area is 176 Å². The number of benzene rings is 1. The quantitative estimate of drug-likeness (QED) is 0.607. The number of aryl methyl sites for hydroxylation is 1. The number of carbonyl (C=O) groups excluding carboxylic acids is 1. The summed E-state index contributed by atoms with van der Waals surface area (Å²) in [5.41, 5.74) is 7.19. The second-order valence-corrected chi connectivity index (χ2v) is 7.26. The molecule has 0 saturated carbocycles. The Morgan fingerprint density at radius 3 is 2.66 bits per heavy atom. The number of hydrogen-bond acceptors (Lipinski definition) is 4. The third kappa shape index (κ3) is 4.26. The zero-order chi connectivity index (χ0) is 21.3. The number of amides is 1. The average molecular weight is 435 g/mol. The maximum absolute atomic E-state index is 13.8. The van der Waals surface area contributed by atoms with Crippen LogP contribution in [0.1, 0.15) is 28.9 Å². The van der Waals surface area contributed by atoms with Gasteiger partial charge in [0.05, 0.1) is 16.6 Å². The first kappa shape index (κ1) is 20.8. The highest BCUT2D eigenvalue weighted by atomic mass is 35.5. The van der Waals surface area contributed by atoms with Crippen molar-refractivity contribution in [3.05, 3.63) is 80.1 Å². The summed E-state index contributed by atoms with van der Waals surface area (Å²) in [5, 5.41) is 2.77. The van der Waals surface area contributed by atoms with E-state index in [9.17, 15) is 14.0 Å². The van der Waals surface area contributed by atoms with Gasteiger partial charge in [0.25, 0.3) is 11.5 Å². The molecule has 1 atom stereocenters. The molecule has 0 spiro atoms. The number of rotatable bonds is 4. The Kier molecular flexibility index (Phi) is 5.91. The molecule has 9 heteroatoms. The topological polar surface area (TPSA) is 90.0 Å². The summed E-state index contributed by atoms with van der Waals surface area (Å²) in [5.74, 6) is -1.16. The number of nitrogens with one attached hydrogen (secondary N) is 1. The minimum atomic E-state index is -0.690. The zero-order valence-electron chi connectivity index (χ0n) is 15.5. The maximum Gasteiger partial charge on any atom is 0.255 e. The SMILES string of the molecule is CC(NC(=O)c1cc(-c2ccn(C)c(=O)c2)cnc1N)c1c(Cl)ccc(F)c1Cl. The first-order chi connectivity index (χ1) is 13.7. The Hall–Kier alpha value is -2.90. The molecule has 0 aliphatic heterocycles. The van der Waals surface area contributed by atoms with E-state index < -0.39 is 17.8 Å². The summed E-state index contributed by atoms with van der Waals surface area (Å²) in [4.78, 5) is 28.7. The van der Waals surface area contributed by atoms with Crippen molar-refractivity contribution >= 4 is 34.9 Å². The van der Waals surface area contributed by atoms with Crippen LogP contribution in [0, 0.1) is 5.82 Å². The molecule has 1 unspecified atom stereocenters. The number of hydrogen-bond donors (Lipinski definition) is 2. The van der Waals surface area contributed by atoms with Gasteiger partial charge < -0.3 is 15.6 Å². The lowest BCUT2D eigenvalue weighted by Crippen LogP contribution is -2.28. The summed E-state index contributed by atoms with van der Waals surface area (Å²) >= 11 is 12.1. The van der Waals surface area contributed by atoms with Gasteiger partial charge in [0, 0.05) is 41.7 Å². The van der Waals surface area contributed by atoms with Gasteiger partial charge in [-0.05, 0) is 36.8 Å². The van der Waals surface area contributed by atoms with E-state index in [-0.39, 0.29) is 32.5 Å². The van der Waals surface area contributed by atoms with Gasteiger partial charge in [-0.3, -0.25) is 9.59 Å². The van der Waals surface area contributed by atoms with Crippen molar-refractivity contribution in [3.8, 4) is 11.1 Å². The molecule has 2 aromatic heterocycles. The van der Waals surface area contributed by atoms with Crippen LogP contribution >= 0.6 is 23.2 Å². The molecule has 0 saturated heterocycles. The smallest absolute Gasteiger partial charge is 0.255 e. The van der Waals surface area contributed by atoms with Gasteiger partial charge in [-0.1, -0.05) is 23.2 Å². The monoisotopic (exact) mass is 434 g/mol. The number of nitrogens with zero attached hydrogens (tertiary/aromatic N) is 2. The predicted octanol–water partition coefficient (Wildman–Crippen LogP) is 3.97. The van der Waals surface area contributed by atoms with Crippen molar-refractivity contribution in [1.29, 1.82) is 0 Å². The number of halogens is 3. The largest absolute Gasteiger partial charge is 0.383 e. The number of aromatic nitrogens is 2. The normalized spacial score (nSPS) is 11.9. The molecule has 29 heavy (non-hydrogen) atoms. The Balaban J connectivity index is 1.92. The first-order valence-electron chi connectivity index (χ1n) is 8.56. The van der Waals surface area contributed by atoms with Gasteiger partial charge in [0.15, 0.2) is 0 Å². The Bertz CT molecular complexity index is 1160. The molecule has 3 aromatic rings. The van der Waals surface area contributed by atoms with Gasteiger partial charge in [-0.15, -0.1) is 0 Å². The Morgan fingerprint density at radius 2 is 1.97 bits per heavy atom. The molecule has 0 fully saturated rings. The lowest BCUT2D eigenvalue weighted by Gasteiger charge is -2.18. The zero-order valence-corrected chi connectivity index (χ0v) is 17.1. The van der Waals surface area contributed by atoms with E-state index >= 15 is 0 Å². The minimum Gasteiger partial charge on any atom is -0.383 e. The number of carbonyl (C=O) groups is 1. The summed E-state index contributed by atoms with van der Waals surface area (Å²) in [6.07, 6.45) is 3.09. The van der Waals surface area contributed by atoms with Crippen LogP contribution in [0.5, 0.6) is 0 Å². The second-order valence-electron chi connectivity index (χ2n) is 6.47. The highest BCUT2D eigenvalue weighted by molar-refractivity contribution is 6.36. The lowest BCUT2D eigenvalue weighted by molar-refractivity contribution is 0.0940. The standard InChI is InChI=1S/C20H17Cl2FN4O2/c1-10(17-14(21)3-4-15(23)18(17)22)26-20(29)13-7-12(9-25-19(13)24)11-5-6-27(2)16(28)8-11/h3-10H,1-2H3,(H2,24,25)(H,26,29). The van der Waals surface area contributed by atoms with Crippen LogP contribution in [0.15, 0.2) is 47.5 Å². The van der Waals surface area contributed by atoms with Crippen LogP contribution in [0.4, 0.5) is 10.2 Å². The molecule has 1 aromatic carbocycles. The molecule has 0 radical (unpaired) electrons. The van der Waals surface area contributed by atoms with Crippen molar-refractivity contribution in [2.75, 3.05) is 5.73 Å². The molecular formula is C20H17Cl2FN4O2. The van der Waals surface area contributed by atoms with Crippen LogP contribution in [-0.4, -0.2) is 15.5 Å². The van der Waals surface area contributed by atoms with Crippen molar-refractivity contribution in [3.63, 3.8) is 0 Å². The second kappa shape index (κ2) is 8.23. The number of pyridine rings is 2. The fourth-order valence-electron chi connectivity index (χ4n) is 2.83. The lowest BCUT2D eigenvalue weighted by atomic mass is 10.0. The molecule has 6 nitrogen and oxygen atoms in total. The van der Waals surface area contributed by atoms with Crippen molar-refractivity contribution < 1.29 is 9.18 Å². The van der Waals surface area contributed by atoms with Crippen LogP contribution < -0.4 is 16.6 Å². The van der Waals surface area contributed by atoms with Crippen molar-refractivity contribution in [2.45, 2.75) is 13.0 Å². The van der Waals surface area contributed by atoms with E-state index in [0.717, 1.165) is 6.07 Å². The summed E-state index contributed by atoms with van der Waals surface area (Å²) in [7, 11) is 1.64. The summed E-state index contributed by atoms with van der Waals surface area (Å²) < 4.78 is 15.2. The molecule has 0 aliphatic carbocycles. The van der Waals surface area contributed by atoms with Crippen LogP contribution in [0.2, 0.25) is 10.0 Å². The highest BCUT2D eigenvalue weighted by Crippen LogP contribution is 2.32. The molecule has 1 amide bonds. The Morgan fingerprint density at radius 1 is 1.24 bits per heavy atom. The van der Waals surface area contributed by atoms with E-state index in [1.165, 1.54) is 29.0 Å². The summed E-state index contributed by atoms with van der Waals surface area (Å²) in [6, 6.07) is 6.53. The molecule has 150 valence electrons. The van der Waals surface area contributed by atoms with Crippen LogP contribution in [-0.2, 0) is 7.05 Å².